The van der Waals surface area contributed by atoms with E-state index in [0.29, 0.717) is 22.7 Å². The maximum absolute atomic E-state index is 12.6. The smallest absolute Gasteiger partial charge is 0.257 e. The van der Waals surface area contributed by atoms with Gasteiger partial charge in [-0.05, 0) is 55.3 Å². The lowest BCUT2D eigenvalue weighted by molar-refractivity contribution is 0.102. The van der Waals surface area contributed by atoms with Gasteiger partial charge in [-0.3, -0.25) is 9.78 Å². The monoisotopic (exact) mass is 377 g/mol. The molecule has 144 valence electrons. The molecule has 0 saturated carbocycles. The summed E-state index contributed by atoms with van der Waals surface area (Å²) in [4.78, 5) is 16.8. The molecule has 1 amide bonds. The number of nitrogens with zero attached hydrogens (tertiary/aromatic N) is 1. The van der Waals surface area contributed by atoms with E-state index in [0.717, 1.165) is 22.5 Å². The third-order valence-corrected chi connectivity index (χ3v) is 4.15. The molecule has 2 N–H and O–H groups in total. The van der Waals surface area contributed by atoms with Crippen LogP contribution in [0.5, 0.6) is 11.5 Å². The van der Waals surface area contributed by atoms with E-state index in [4.69, 9.17) is 9.47 Å². The van der Waals surface area contributed by atoms with E-state index in [-0.39, 0.29) is 5.91 Å². The average molecular weight is 377 g/mol. The highest BCUT2D eigenvalue weighted by molar-refractivity contribution is 6.04. The molecule has 0 spiro atoms. The minimum Gasteiger partial charge on any atom is -0.493 e. The third-order valence-electron chi connectivity index (χ3n) is 4.15. The molecule has 0 fully saturated rings. The molecule has 3 aromatic rings. The zero-order valence-electron chi connectivity index (χ0n) is 16.4. The number of ether oxygens (including phenoxy) is 2. The first-order valence-corrected chi connectivity index (χ1v) is 8.82. The Labute approximate surface area is 164 Å². The number of hydrogen-bond donors (Lipinski definition) is 2. The van der Waals surface area contributed by atoms with Crippen LogP contribution in [-0.4, -0.2) is 25.1 Å². The van der Waals surface area contributed by atoms with Crippen LogP contribution in [0.1, 0.15) is 21.5 Å². The highest BCUT2D eigenvalue weighted by Gasteiger charge is 2.10. The zero-order valence-corrected chi connectivity index (χ0v) is 16.4. The number of aryl methyl sites for hydroxylation is 2. The average Bonchev–Trinajstić information content (AvgIpc) is 2.67. The highest BCUT2D eigenvalue weighted by atomic mass is 16.5. The Morgan fingerprint density at radius 2 is 1.54 bits per heavy atom. The first-order chi connectivity index (χ1) is 13.5. The van der Waals surface area contributed by atoms with Crippen LogP contribution in [0.4, 0.5) is 17.1 Å². The van der Waals surface area contributed by atoms with Gasteiger partial charge in [0, 0.05) is 23.6 Å². The Bertz CT molecular complexity index is 982. The SMILES string of the molecule is COc1ccc(Nc2cncc(C(=O)Nc3cc(C)cc(C)c3)c2)cc1OC. The lowest BCUT2D eigenvalue weighted by Gasteiger charge is -2.12. The summed E-state index contributed by atoms with van der Waals surface area (Å²) in [6, 6.07) is 13.2. The number of aromatic nitrogens is 1. The van der Waals surface area contributed by atoms with E-state index in [1.807, 2.05) is 44.2 Å². The minimum atomic E-state index is -0.214. The minimum absolute atomic E-state index is 0.214. The Morgan fingerprint density at radius 3 is 2.21 bits per heavy atom. The van der Waals surface area contributed by atoms with Crippen molar-refractivity contribution in [3.05, 3.63) is 71.5 Å². The van der Waals surface area contributed by atoms with Gasteiger partial charge in [-0.2, -0.15) is 0 Å². The van der Waals surface area contributed by atoms with E-state index in [1.54, 1.807) is 26.5 Å². The van der Waals surface area contributed by atoms with E-state index in [9.17, 15) is 4.79 Å². The van der Waals surface area contributed by atoms with Crippen molar-refractivity contribution in [1.29, 1.82) is 0 Å². The number of hydrogen-bond acceptors (Lipinski definition) is 5. The molecule has 1 heterocycles. The molecular weight excluding hydrogens is 354 g/mol. The maximum Gasteiger partial charge on any atom is 0.257 e. The molecule has 0 unspecified atom stereocenters. The fraction of sp³-hybridized carbons (Fsp3) is 0.182. The van der Waals surface area contributed by atoms with Gasteiger partial charge in [-0.15, -0.1) is 0 Å². The third kappa shape index (κ3) is 4.59. The normalized spacial score (nSPS) is 10.3. The maximum atomic E-state index is 12.6. The molecule has 0 saturated heterocycles. The molecular formula is C22H23N3O3. The summed E-state index contributed by atoms with van der Waals surface area (Å²) < 4.78 is 10.6. The standard InChI is InChI=1S/C22H23N3O3/c1-14-7-15(2)9-18(8-14)25-22(26)16-10-19(13-23-12-16)24-17-5-6-20(27-3)21(11-17)28-4/h5-13,24H,1-4H3,(H,25,26). The van der Waals surface area contributed by atoms with Crippen molar-refractivity contribution in [2.45, 2.75) is 13.8 Å². The molecule has 6 heteroatoms. The van der Waals surface area contributed by atoms with Crippen molar-refractivity contribution in [2.75, 3.05) is 24.9 Å². The van der Waals surface area contributed by atoms with Crippen molar-refractivity contribution in [1.82, 2.24) is 4.98 Å². The number of amides is 1. The van der Waals surface area contributed by atoms with Crippen LogP contribution >= 0.6 is 0 Å². The molecule has 0 aliphatic heterocycles. The fourth-order valence-corrected chi connectivity index (χ4v) is 2.96. The second-order valence-corrected chi connectivity index (χ2v) is 6.49. The van der Waals surface area contributed by atoms with Gasteiger partial charge in [-0.25, -0.2) is 0 Å². The number of pyridine rings is 1. The first kappa shape index (κ1) is 19.2. The summed E-state index contributed by atoms with van der Waals surface area (Å²) in [5.74, 6) is 1.05. The highest BCUT2D eigenvalue weighted by Crippen LogP contribution is 2.31. The van der Waals surface area contributed by atoms with Crippen molar-refractivity contribution < 1.29 is 14.3 Å². The van der Waals surface area contributed by atoms with Crippen molar-refractivity contribution in [2.24, 2.45) is 0 Å². The molecule has 3 rings (SSSR count). The zero-order chi connectivity index (χ0) is 20.1. The first-order valence-electron chi connectivity index (χ1n) is 8.82. The van der Waals surface area contributed by atoms with Crippen molar-refractivity contribution >= 4 is 23.0 Å². The quantitative estimate of drug-likeness (QED) is 0.651. The van der Waals surface area contributed by atoms with Gasteiger partial charge in [0.05, 0.1) is 31.7 Å². The van der Waals surface area contributed by atoms with Crippen LogP contribution in [0.3, 0.4) is 0 Å². The number of anilines is 3. The number of nitrogens with one attached hydrogen (secondary N) is 2. The molecule has 1 aromatic heterocycles. The van der Waals surface area contributed by atoms with Gasteiger partial charge in [-0.1, -0.05) is 6.07 Å². The lowest BCUT2D eigenvalue weighted by atomic mass is 10.1. The fourth-order valence-electron chi connectivity index (χ4n) is 2.96. The Morgan fingerprint density at radius 1 is 0.821 bits per heavy atom. The van der Waals surface area contributed by atoms with Crippen molar-refractivity contribution in [3.8, 4) is 11.5 Å². The van der Waals surface area contributed by atoms with Gasteiger partial charge in [0.25, 0.3) is 5.91 Å². The summed E-state index contributed by atoms with van der Waals surface area (Å²) in [6.45, 7) is 4.00. The summed E-state index contributed by atoms with van der Waals surface area (Å²) in [6.07, 6.45) is 3.20. The molecule has 0 aliphatic carbocycles. The van der Waals surface area contributed by atoms with Crippen LogP contribution in [0.2, 0.25) is 0 Å². The summed E-state index contributed by atoms with van der Waals surface area (Å²) >= 11 is 0. The topological polar surface area (TPSA) is 72.5 Å². The molecule has 0 radical (unpaired) electrons. The summed E-state index contributed by atoms with van der Waals surface area (Å²) in [5, 5.41) is 6.15. The van der Waals surface area contributed by atoms with E-state index in [2.05, 4.69) is 21.7 Å². The largest absolute Gasteiger partial charge is 0.493 e. The van der Waals surface area contributed by atoms with E-state index < -0.39 is 0 Å². The second kappa shape index (κ2) is 8.43. The number of methoxy groups -OCH3 is 2. The summed E-state index contributed by atoms with van der Waals surface area (Å²) in [7, 11) is 3.17. The van der Waals surface area contributed by atoms with Gasteiger partial charge < -0.3 is 20.1 Å². The number of benzene rings is 2. The number of carbonyl (C=O) groups excluding carboxylic acids is 1. The molecule has 28 heavy (non-hydrogen) atoms. The molecule has 0 atom stereocenters. The Balaban J connectivity index is 1.77. The van der Waals surface area contributed by atoms with Gasteiger partial charge in [0.15, 0.2) is 11.5 Å². The Kier molecular flexibility index (Phi) is 5.79. The van der Waals surface area contributed by atoms with E-state index in [1.165, 1.54) is 6.20 Å². The predicted molar refractivity (Wildman–Crippen MR) is 111 cm³/mol. The Hall–Kier alpha value is -3.54. The van der Waals surface area contributed by atoms with Crippen molar-refractivity contribution in [3.63, 3.8) is 0 Å². The lowest BCUT2D eigenvalue weighted by Crippen LogP contribution is -2.12. The molecule has 0 aliphatic rings. The molecule has 6 nitrogen and oxygen atoms in total. The second-order valence-electron chi connectivity index (χ2n) is 6.49. The number of carbonyl (C=O) groups is 1. The van der Waals surface area contributed by atoms with Gasteiger partial charge in [0.2, 0.25) is 0 Å². The summed E-state index contributed by atoms with van der Waals surface area (Å²) in [5.41, 5.74) is 4.91. The van der Waals surface area contributed by atoms with Crippen LogP contribution < -0.4 is 20.1 Å². The van der Waals surface area contributed by atoms with Crippen LogP contribution in [0.15, 0.2) is 54.9 Å². The predicted octanol–water partition coefficient (Wildman–Crippen LogP) is 4.71. The molecule has 0 bridgehead atoms. The van der Waals surface area contributed by atoms with Gasteiger partial charge in [0.1, 0.15) is 0 Å². The van der Waals surface area contributed by atoms with Crippen LogP contribution in [0.25, 0.3) is 0 Å². The van der Waals surface area contributed by atoms with Gasteiger partial charge >= 0.3 is 0 Å². The van der Waals surface area contributed by atoms with Crippen LogP contribution in [-0.2, 0) is 0 Å². The molecule has 2 aromatic carbocycles. The van der Waals surface area contributed by atoms with E-state index >= 15 is 0 Å². The number of rotatable bonds is 6. The van der Waals surface area contributed by atoms with Crippen LogP contribution in [0, 0.1) is 13.8 Å².